The second-order valence-electron chi connectivity index (χ2n) is 4.46. The topological polar surface area (TPSA) is 45.2 Å². The van der Waals surface area contributed by atoms with Crippen LogP contribution in [0.5, 0.6) is 0 Å². The lowest BCUT2D eigenvalue weighted by Crippen LogP contribution is -2.19. The zero-order valence-electron chi connectivity index (χ0n) is 11.5. The Kier molecular flexibility index (Phi) is 4.90. The Hall–Kier alpha value is -2.14. The number of hydrogen-bond acceptors (Lipinski definition) is 4. The zero-order chi connectivity index (χ0) is 14.4. The predicted molar refractivity (Wildman–Crippen MR) is 83.8 cm³/mol. The standard InChI is InChI=1S/C15H17N3OS/c1-18(2)13-6-3-12(4-7-13)5-8-14(19)17-11-15-16-9-10-20-15/h3-10H,11H2,1-2H3,(H,17,19)/b8-5+. The van der Waals surface area contributed by atoms with Crippen LogP contribution in [0.1, 0.15) is 10.6 Å². The maximum absolute atomic E-state index is 11.7. The van der Waals surface area contributed by atoms with Gasteiger partial charge >= 0.3 is 0 Å². The van der Waals surface area contributed by atoms with Crippen LogP contribution in [0.2, 0.25) is 0 Å². The summed E-state index contributed by atoms with van der Waals surface area (Å²) in [5.74, 6) is -0.114. The molecular formula is C15H17N3OS. The Morgan fingerprint density at radius 3 is 2.70 bits per heavy atom. The Labute approximate surface area is 122 Å². The molecular weight excluding hydrogens is 270 g/mol. The van der Waals surface area contributed by atoms with Crippen molar-refractivity contribution in [3.05, 3.63) is 52.5 Å². The van der Waals surface area contributed by atoms with Crippen molar-refractivity contribution in [2.45, 2.75) is 6.54 Å². The summed E-state index contributed by atoms with van der Waals surface area (Å²) in [6.45, 7) is 0.473. The third-order valence-corrected chi connectivity index (χ3v) is 3.51. The van der Waals surface area contributed by atoms with Gasteiger partial charge < -0.3 is 10.2 Å². The fourth-order valence-electron chi connectivity index (χ4n) is 1.62. The molecule has 0 atom stereocenters. The van der Waals surface area contributed by atoms with Gasteiger partial charge in [-0.2, -0.15) is 0 Å². The Bertz CT molecular complexity index is 574. The lowest BCUT2D eigenvalue weighted by Gasteiger charge is -2.11. The third-order valence-electron chi connectivity index (χ3n) is 2.73. The van der Waals surface area contributed by atoms with E-state index in [4.69, 9.17) is 0 Å². The third kappa shape index (κ3) is 4.20. The Morgan fingerprint density at radius 2 is 2.10 bits per heavy atom. The minimum Gasteiger partial charge on any atom is -0.378 e. The minimum absolute atomic E-state index is 0.114. The van der Waals surface area contributed by atoms with Gasteiger partial charge in [0.2, 0.25) is 5.91 Å². The van der Waals surface area contributed by atoms with Gasteiger partial charge in [0, 0.05) is 37.4 Å². The van der Waals surface area contributed by atoms with Crippen LogP contribution < -0.4 is 10.2 Å². The second-order valence-corrected chi connectivity index (χ2v) is 5.44. The van der Waals surface area contributed by atoms with Crippen molar-refractivity contribution in [2.75, 3.05) is 19.0 Å². The number of nitrogens with one attached hydrogen (secondary N) is 1. The van der Waals surface area contributed by atoms with E-state index in [0.29, 0.717) is 6.54 Å². The highest BCUT2D eigenvalue weighted by molar-refractivity contribution is 7.09. The maximum atomic E-state index is 11.7. The van der Waals surface area contributed by atoms with Crippen LogP contribution in [-0.2, 0) is 11.3 Å². The summed E-state index contributed by atoms with van der Waals surface area (Å²) in [6, 6.07) is 8.01. The number of carbonyl (C=O) groups excluding carboxylic acids is 1. The lowest BCUT2D eigenvalue weighted by atomic mass is 10.2. The number of hydrogen-bond donors (Lipinski definition) is 1. The van der Waals surface area contributed by atoms with E-state index in [1.54, 1.807) is 12.3 Å². The van der Waals surface area contributed by atoms with Gasteiger partial charge in [0.1, 0.15) is 5.01 Å². The second kappa shape index (κ2) is 6.86. The number of rotatable bonds is 5. The predicted octanol–water partition coefficient (Wildman–Crippen LogP) is 2.54. The van der Waals surface area contributed by atoms with Crippen molar-refractivity contribution in [1.29, 1.82) is 0 Å². The summed E-state index contributed by atoms with van der Waals surface area (Å²) in [5, 5.41) is 5.60. The number of amides is 1. The molecule has 2 rings (SSSR count). The summed E-state index contributed by atoms with van der Waals surface area (Å²) in [7, 11) is 3.99. The average molecular weight is 287 g/mol. The number of aromatic nitrogens is 1. The number of thiazole rings is 1. The average Bonchev–Trinajstić information content (AvgIpc) is 2.96. The molecule has 0 bridgehead atoms. The number of carbonyl (C=O) groups is 1. The highest BCUT2D eigenvalue weighted by Gasteiger charge is 1.99. The van der Waals surface area contributed by atoms with Crippen LogP contribution in [0, 0.1) is 0 Å². The van der Waals surface area contributed by atoms with Crippen molar-refractivity contribution in [3.63, 3.8) is 0 Å². The summed E-state index contributed by atoms with van der Waals surface area (Å²) >= 11 is 1.53. The molecule has 0 radical (unpaired) electrons. The van der Waals surface area contributed by atoms with Gasteiger partial charge in [-0.1, -0.05) is 12.1 Å². The summed E-state index contributed by atoms with van der Waals surface area (Å²) in [5.41, 5.74) is 2.13. The molecule has 0 saturated carbocycles. The molecule has 1 amide bonds. The molecule has 104 valence electrons. The van der Waals surface area contributed by atoms with Gasteiger partial charge in [0.05, 0.1) is 6.54 Å². The fourth-order valence-corrected chi connectivity index (χ4v) is 2.17. The van der Waals surface area contributed by atoms with E-state index < -0.39 is 0 Å². The lowest BCUT2D eigenvalue weighted by molar-refractivity contribution is -0.116. The molecule has 0 spiro atoms. The molecule has 0 aliphatic heterocycles. The van der Waals surface area contributed by atoms with Crippen LogP contribution in [0.4, 0.5) is 5.69 Å². The molecule has 0 saturated heterocycles. The van der Waals surface area contributed by atoms with Gasteiger partial charge in [0.25, 0.3) is 0 Å². The summed E-state index contributed by atoms with van der Waals surface area (Å²) in [6.07, 6.45) is 5.07. The molecule has 20 heavy (non-hydrogen) atoms. The first-order valence-corrected chi connectivity index (χ1v) is 7.15. The maximum Gasteiger partial charge on any atom is 0.244 e. The quantitative estimate of drug-likeness (QED) is 0.860. The van der Waals surface area contributed by atoms with Crippen molar-refractivity contribution < 1.29 is 4.79 Å². The van der Waals surface area contributed by atoms with Crippen LogP contribution >= 0.6 is 11.3 Å². The number of anilines is 1. The van der Waals surface area contributed by atoms with Crippen LogP contribution in [-0.4, -0.2) is 25.0 Å². The Morgan fingerprint density at radius 1 is 1.35 bits per heavy atom. The summed E-state index contributed by atoms with van der Waals surface area (Å²) < 4.78 is 0. The van der Waals surface area contributed by atoms with Gasteiger partial charge in [-0.15, -0.1) is 11.3 Å². The molecule has 0 unspecified atom stereocenters. The Balaban J connectivity index is 1.86. The van der Waals surface area contributed by atoms with Crippen molar-refractivity contribution in [2.24, 2.45) is 0 Å². The molecule has 1 heterocycles. The van der Waals surface area contributed by atoms with Crippen LogP contribution in [0.3, 0.4) is 0 Å². The zero-order valence-corrected chi connectivity index (χ0v) is 12.4. The number of nitrogens with zero attached hydrogens (tertiary/aromatic N) is 2. The van der Waals surface area contributed by atoms with E-state index in [1.165, 1.54) is 17.4 Å². The molecule has 0 fully saturated rings. The number of benzene rings is 1. The molecule has 0 aliphatic rings. The van der Waals surface area contributed by atoms with Gasteiger partial charge in [-0.3, -0.25) is 4.79 Å². The van der Waals surface area contributed by atoms with E-state index in [0.717, 1.165) is 16.3 Å². The minimum atomic E-state index is -0.114. The highest BCUT2D eigenvalue weighted by atomic mass is 32.1. The molecule has 5 heteroatoms. The smallest absolute Gasteiger partial charge is 0.244 e. The molecule has 2 aromatic rings. The monoisotopic (exact) mass is 287 g/mol. The first-order valence-electron chi connectivity index (χ1n) is 6.27. The van der Waals surface area contributed by atoms with E-state index in [9.17, 15) is 4.79 Å². The normalized spacial score (nSPS) is 10.7. The fraction of sp³-hybridized carbons (Fsp3) is 0.200. The largest absolute Gasteiger partial charge is 0.378 e. The van der Waals surface area contributed by atoms with E-state index >= 15 is 0 Å². The van der Waals surface area contributed by atoms with Gasteiger partial charge in [0.15, 0.2) is 0 Å². The first-order chi connectivity index (χ1) is 9.65. The van der Waals surface area contributed by atoms with E-state index in [1.807, 2.05) is 48.6 Å². The highest BCUT2D eigenvalue weighted by Crippen LogP contribution is 2.13. The SMILES string of the molecule is CN(C)c1ccc(/C=C/C(=O)NCc2nccs2)cc1. The van der Waals surface area contributed by atoms with Crippen LogP contribution in [0.25, 0.3) is 6.08 Å². The van der Waals surface area contributed by atoms with Crippen LogP contribution in [0.15, 0.2) is 41.9 Å². The van der Waals surface area contributed by atoms with E-state index in [2.05, 4.69) is 10.3 Å². The van der Waals surface area contributed by atoms with Gasteiger partial charge in [-0.25, -0.2) is 4.98 Å². The molecule has 1 N–H and O–H groups in total. The molecule has 1 aromatic heterocycles. The molecule has 4 nitrogen and oxygen atoms in total. The van der Waals surface area contributed by atoms with Crippen molar-refractivity contribution in [3.8, 4) is 0 Å². The van der Waals surface area contributed by atoms with E-state index in [-0.39, 0.29) is 5.91 Å². The summed E-state index contributed by atoms with van der Waals surface area (Å²) in [4.78, 5) is 17.8. The first kappa shape index (κ1) is 14.3. The van der Waals surface area contributed by atoms with Gasteiger partial charge in [-0.05, 0) is 23.8 Å². The molecule has 0 aliphatic carbocycles. The van der Waals surface area contributed by atoms with Crippen molar-refractivity contribution >= 4 is 29.0 Å². The van der Waals surface area contributed by atoms with Crippen molar-refractivity contribution in [1.82, 2.24) is 10.3 Å². The molecule has 1 aromatic carbocycles.